The molecular formula is C23H22FN3O3S2. The summed E-state index contributed by atoms with van der Waals surface area (Å²) in [6.07, 6.45) is 4.86. The maximum atomic E-state index is 13.5. The Morgan fingerprint density at radius 1 is 1.25 bits per heavy atom. The average Bonchev–Trinajstić information content (AvgIpc) is 2.95. The molecule has 2 heterocycles. The molecule has 0 radical (unpaired) electrons. The van der Waals surface area contributed by atoms with Crippen LogP contribution in [-0.4, -0.2) is 46.8 Å². The standard InChI is InChI=1S/C23H22FN3O3S2/c1-26-9-10-27(17-5-3-16(24)4-6-17)19-11-22(31-2)20(12-21(19)32-26)30-14-15-7-8-25-13-18(15)23(28)29/h3-8,11-13H,9-10,14H2,1-2H3,(H,28,29). The van der Waals surface area contributed by atoms with E-state index in [1.165, 1.54) is 18.3 Å². The minimum atomic E-state index is -1.03. The number of pyridine rings is 1. The molecule has 0 bridgehead atoms. The van der Waals surface area contributed by atoms with Crippen molar-refractivity contribution in [2.24, 2.45) is 0 Å². The topological polar surface area (TPSA) is 65.9 Å². The quantitative estimate of drug-likeness (QED) is 0.383. The third kappa shape index (κ3) is 4.85. The van der Waals surface area contributed by atoms with E-state index < -0.39 is 5.97 Å². The van der Waals surface area contributed by atoms with Crippen LogP contribution in [-0.2, 0) is 6.61 Å². The van der Waals surface area contributed by atoms with Crippen molar-refractivity contribution < 1.29 is 19.0 Å². The fourth-order valence-electron chi connectivity index (χ4n) is 3.45. The molecule has 4 rings (SSSR count). The Morgan fingerprint density at radius 2 is 2.03 bits per heavy atom. The molecule has 0 unspecified atom stereocenters. The van der Waals surface area contributed by atoms with E-state index in [1.807, 2.05) is 19.4 Å². The van der Waals surface area contributed by atoms with E-state index in [9.17, 15) is 14.3 Å². The summed E-state index contributed by atoms with van der Waals surface area (Å²) in [6, 6.07) is 12.2. The first kappa shape index (κ1) is 22.4. The summed E-state index contributed by atoms with van der Waals surface area (Å²) in [5.74, 6) is -0.609. The molecule has 0 saturated carbocycles. The van der Waals surface area contributed by atoms with Gasteiger partial charge in [0.2, 0.25) is 0 Å². The lowest BCUT2D eigenvalue weighted by atomic mass is 10.1. The minimum Gasteiger partial charge on any atom is -0.488 e. The lowest BCUT2D eigenvalue weighted by Gasteiger charge is -2.25. The monoisotopic (exact) mass is 471 g/mol. The Labute approximate surface area is 194 Å². The first-order valence-electron chi connectivity index (χ1n) is 9.89. The molecule has 1 aliphatic heterocycles. The number of aromatic carboxylic acids is 1. The van der Waals surface area contributed by atoms with Crippen molar-refractivity contribution in [2.45, 2.75) is 16.4 Å². The summed E-state index contributed by atoms with van der Waals surface area (Å²) in [5.41, 5.74) is 2.64. The van der Waals surface area contributed by atoms with E-state index in [4.69, 9.17) is 4.74 Å². The molecule has 6 nitrogen and oxygen atoms in total. The number of aromatic nitrogens is 1. The average molecular weight is 472 g/mol. The highest BCUT2D eigenvalue weighted by Crippen LogP contribution is 2.44. The first-order chi connectivity index (χ1) is 15.5. The Kier molecular flexibility index (Phi) is 6.88. The summed E-state index contributed by atoms with van der Waals surface area (Å²) in [7, 11) is 2.03. The first-order valence-corrected chi connectivity index (χ1v) is 11.9. The molecule has 32 heavy (non-hydrogen) atoms. The SMILES string of the molecule is CSc1cc2c(cc1OCc1ccncc1C(=O)O)SN(C)CCN2c1ccc(F)cc1. The molecule has 0 saturated heterocycles. The maximum absolute atomic E-state index is 13.5. The molecule has 2 aromatic carbocycles. The molecule has 3 aromatic rings. The summed E-state index contributed by atoms with van der Waals surface area (Å²) >= 11 is 3.18. The van der Waals surface area contributed by atoms with Gasteiger partial charge in [0.1, 0.15) is 18.2 Å². The summed E-state index contributed by atoms with van der Waals surface area (Å²) in [5, 5.41) is 9.40. The van der Waals surface area contributed by atoms with Crippen LogP contribution in [0.2, 0.25) is 0 Å². The fraction of sp³-hybridized carbons (Fsp3) is 0.217. The van der Waals surface area contributed by atoms with Gasteiger partial charge in [-0.1, -0.05) is 0 Å². The van der Waals surface area contributed by atoms with Crippen molar-refractivity contribution in [3.05, 3.63) is 71.8 Å². The number of rotatable bonds is 6. The number of carboxylic acids is 1. The number of carboxylic acid groups (broad SMARTS) is 1. The third-order valence-electron chi connectivity index (χ3n) is 5.09. The van der Waals surface area contributed by atoms with Crippen LogP contribution in [0, 0.1) is 5.82 Å². The van der Waals surface area contributed by atoms with Crippen molar-refractivity contribution in [3.8, 4) is 5.75 Å². The third-order valence-corrected chi connectivity index (χ3v) is 6.87. The van der Waals surface area contributed by atoms with Crippen LogP contribution in [0.25, 0.3) is 0 Å². The normalized spacial score (nSPS) is 14.0. The van der Waals surface area contributed by atoms with Gasteiger partial charge in [0.05, 0.1) is 21.0 Å². The van der Waals surface area contributed by atoms with Gasteiger partial charge in [-0.25, -0.2) is 13.5 Å². The van der Waals surface area contributed by atoms with Crippen LogP contribution in [0.1, 0.15) is 15.9 Å². The zero-order valence-electron chi connectivity index (χ0n) is 17.6. The minimum absolute atomic E-state index is 0.124. The molecule has 1 aliphatic rings. The van der Waals surface area contributed by atoms with Crippen molar-refractivity contribution >= 4 is 41.1 Å². The van der Waals surface area contributed by atoms with Gasteiger partial charge in [0.25, 0.3) is 0 Å². The molecule has 9 heteroatoms. The van der Waals surface area contributed by atoms with Gasteiger partial charge in [-0.15, -0.1) is 11.8 Å². The lowest BCUT2D eigenvalue weighted by Crippen LogP contribution is -2.24. The largest absolute Gasteiger partial charge is 0.488 e. The van der Waals surface area contributed by atoms with Crippen molar-refractivity contribution in [3.63, 3.8) is 0 Å². The van der Waals surface area contributed by atoms with Gasteiger partial charge >= 0.3 is 5.97 Å². The summed E-state index contributed by atoms with van der Waals surface area (Å²) < 4.78 is 21.7. The number of halogens is 1. The fourth-order valence-corrected chi connectivity index (χ4v) is 4.93. The molecule has 0 aliphatic carbocycles. The Balaban J connectivity index is 1.69. The number of anilines is 2. The predicted octanol–water partition coefficient (Wildman–Crippen LogP) is 5.31. The Hall–Kier alpha value is -2.75. The number of carbonyl (C=O) groups is 1. The second-order valence-corrected chi connectivity index (χ2v) is 9.26. The van der Waals surface area contributed by atoms with Gasteiger partial charge in [0.15, 0.2) is 0 Å². The lowest BCUT2D eigenvalue weighted by molar-refractivity contribution is 0.0693. The van der Waals surface area contributed by atoms with Gasteiger partial charge in [-0.3, -0.25) is 4.98 Å². The van der Waals surface area contributed by atoms with E-state index >= 15 is 0 Å². The number of likely N-dealkylation sites (N-methyl/N-ethyl adjacent to an activating group) is 1. The molecule has 1 N–H and O–H groups in total. The second-order valence-electron chi connectivity index (χ2n) is 7.17. The number of thioether (sulfide) groups is 1. The number of hydrogen-bond acceptors (Lipinski definition) is 7. The van der Waals surface area contributed by atoms with E-state index in [1.54, 1.807) is 48.1 Å². The molecule has 0 spiro atoms. The smallest absolute Gasteiger partial charge is 0.337 e. The molecule has 0 fully saturated rings. The number of nitrogens with zero attached hydrogens (tertiary/aromatic N) is 3. The van der Waals surface area contributed by atoms with Gasteiger partial charge < -0.3 is 14.7 Å². The van der Waals surface area contributed by atoms with Gasteiger partial charge in [-0.05, 0) is 67.7 Å². The van der Waals surface area contributed by atoms with Crippen molar-refractivity contribution in [2.75, 3.05) is 31.3 Å². The Bertz CT molecular complexity index is 1130. The second kappa shape index (κ2) is 9.81. The highest BCUT2D eigenvalue weighted by atomic mass is 32.2. The van der Waals surface area contributed by atoms with Crippen LogP contribution < -0.4 is 9.64 Å². The number of ether oxygens (including phenoxy) is 1. The van der Waals surface area contributed by atoms with Gasteiger partial charge in [0, 0.05) is 36.7 Å². The maximum Gasteiger partial charge on any atom is 0.337 e. The van der Waals surface area contributed by atoms with Crippen LogP contribution in [0.3, 0.4) is 0 Å². The van der Waals surface area contributed by atoms with Crippen molar-refractivity contribution in [1.29, 1.82) is 0 Å². The molecular weight excluding hydrogens is 449 g/mol. The van der Waals surface area contributed by atoms with Crippen LogP contribution >= 0.6 is 23.7 Å². The van der Waals surface area contributed by atoms with E-state index in [-0.39, 0.29) is 18.0 Å². The van der Waals surface area contributed by atoms with Crippen molar-refractivity contribution in [1.82, 2.24) is 9.29 Å². The van der Waals surface area contributed by atoms with Crippen LogP contribution in [0.5, 0.6) is 5.75 Å². The highest BCUT2D eigenvalue weighted by molar-refractivity contribution is 7.98. The zero-order chi connectivity index (χ0) is 22.7. The van der Waals surface area contributed by atoms with E-state index in [0.29, 0.717) is 11.3 Å². The van der Waals surface area contributed by atoms with Gasteiger partial charge in [-0.2, -0.15) is 0 Å². The number of fused-ring (bicyclic) bond motifs is 1. The zero-order valence-corrected chi connectivity index (χ0v) is 19.3. The molecule has 1 aromatic heterocycles. The highest BCUT2D eigenvalue weighted by Gasteiger charge is 2.23. The predicted molar refractivity (Wildman–Crippen MR) is 126 cm³/mol. The molecule has 0 amide bonds. The van der Waals surface area contributed by atoms with E-state index in [0.717, 1.165) is 34.3 Å². The summed E-state index contributed by atoms with van der Waals surface area (Å²) in [4.78, 5) is 19.5. The summed E-state index contributed by atoms with van der Waals surface area (Å²) in [6.45, 7) is 1.70. The molecule has 166 valence electrons. The van der Waals surface area contributed by atoms with Crippen LogP contribution in [0.4, 0.5) is 15.8 Å². The Morgan fingerprint density at radius 3 is 2.75 bits per heavy atom. The van der Waals surface area contributed by atoms with E-state index in [2.05, 4.69) is 20.3 Å². The number of benzene rings is 2. The molecule has 0 atom stereocenters. The van der Waals surface area contributed by atoms with Crippen LogP contribution in [0.15, 0.2) is 64.6 Å². The number of hydrogen-bond donors (Lipinski definition) is 1.